The molecule has 5 nitrogen and oxygen atoms in total. The Labute approximate surface area is 152 Å². The van der Waals surface area contributed by atoms with Crippen LogP contribution in [-0.4, -0.2) is 35.0 Å². The maximum atomic E-state index is 12.0. The van der Waals surface area contributed by atoms with E-state index in [4.69, 9.17) is 4.98 Å². The first kappa shape index (κ1) is 17.4. The van der Waals surface area contributed by atoms with Crippen LogP contribution in [-0.2, 0) is 10.2 Å². The van der Waals surface area contributed by atoms with Crippen LogP contribution >= 0.6 is 11.3 Å². The van der Waals surface area contributed by atoms with Crippen molar-refractivity contribution in [3.05, 3.63) is 41.2 Å². The van der Waals surface area contributed by atoms with Crippen LogP contribution < -0.4 is 10.2 Å². The molecule has 1 amide bonds. The molecular weight excluding hydrogens is 332 g/mol. The van der Waals surface area contributed by atoms with E-state index in [2.05, 4.69) is 53.2 Å². The van der Waals surface area contributed by atoms with Gasteiger partial charge < -0.3 is 10.2 Å². The number of hydrogen-bond acceptors (Lipinski definition) is 5. The first-order chi connectivity index (χ1) is 11.9. The Morgan fingerprint density at radius 3 is 2.92 bits per heavy atom. The Balaban J connectivity index is 1.55. The number of hydrogen-bond donors (Lipinski definition) is 1. The van der Waals surface area contributed by atoms with Crippen molar-refractivity contribution >= 4 is 22.4 Å². The Hall–Kier alpha value is -2.39. The lowest BCUT2D eigenvalue weighted by Crippen LogP contribution is -2.36. The van der Waals surface area contributed by atoms with E-state index in [9.17, 15) is 4.79 Å². The van der Waals surface area contributed by atoms with Gasteiger partial charge in [-0.25, -0.2) is 9.97 Å². The Bertz CT molecular complexity index is 798. The second kappa shape index (κ2) is 7.24. The minimum absolute atomic E-state index is 0.0587. The van der Waals surface area contributed by atoms with Crippen molar-refractivity contribution in [2.45, 2.75) is 38.6 Å². The molecular formula is C19H22N4OS. The highest BCUT2D eigenvalue weighted by molar-refractivity contribution is 7.13. The van der Waals surface area contributed by atoms with Gasteiger partial charge in [-0.15, -0.1) is 11.3 Å². The van der Waals surface area contributed by atoms with E-state index >= 15 is 0 Å². The molecule has 1 fully saturated rings. The van der Waals surface area contributed by atoms with Crippen LogP contribution in [0.25, 0.3) is 0 Å². The molecule has 2 aromatic rings. The van der Waals surface area contributed by atoms with E-state index < -0.39 is 0 Å². The smallest absolute Gasteiger partial charge is 0.296 e. The Morgan fingerprint density at radius 2 is 2.24 bits per heavy atom. The van der Waals surface area contributed by atoms with Gasteiger partial charge in [0.15, 0.2) is 5.13 Å². The molecule has 1 saturated heterocycles. The van der Waals surface area contributed by atoms with Crippen molar-refractivity contribution in [2.75, 3.05) is 18.0 Å². The summed E-state index contributed by atoms with van der Waals surface area (Å²) >= 11 is 1.67. The molecule has 1 N–H and O–H groups in total. The summed E-state index contributed by atoms with van der Waals surface area (Å²) in [5.41, 5.74) is 1.77. The molecule has 0 spiro atoms. The molecule has 1 atom stereocenters. The van der Waals surface area contributed by atoms with E-state index in [1.54, 1.807) is 23.6 Å². The number of anilines is 1. The second-order valence-electron chi connectivity index (χ2n) is 7.14. The first-order valence-electron chi connectivity index (χ1n) is 8.36. The third-order valence-corrected chi connectivity index (χ3v) is 4.92. The molecule has 1 aliphatic heterocycles. The van der Waals surface area contributed by atoms with Gasteiger partial charge >= 0.3 is 0 Å². The lowest BCUT2D eigenvalue weighted by molar-refractivity contribution is -0.116. The van der Waals surface area contributed by atoms with E-state index in [1.165, 1.54) is 0 Å². The summed E-state index contributed by atoms with van der Waals surface area (Å²) < 4.78 is 0. The van der Waals surface area contributed by atoms with Gasteiger partial charge in [0.1, 0.15) is 5.69 Å². The number of aromatic nitrogens is 2. The van der Waals surface area contributed by atoms with Gasteiger partial charge in [0.2, 0.25) is 0 Å². The molecule has 25 heavy (non-hydrogen) atoms. The summed E-state index contributed by atoms with van der Waals surface area (Å²) in [7, 11) is 0. The molecule has 3 heterocycles. The van der Waals surface area contributed by atoms with Crippen molar-refractivity contribution in [3.8, 4) is 11.8 Å². The molecule has 0 radical (unpaired) electrons. The topological polar surface area (TPSA) is 58.1 Å². The zero-order valence-corrected chi connectivity index (χ0v) is 15.6. The number of pyridine rings is 1. The third-order valence-electron chi connectivity index (χ3n) is 4.02. The fourth-order valence-electron chi connectivity index (χ4n) is 2.58. The molecule has 1 aliphatic rings. The van der Waals surface area contributed by atoms with Crippen LogP contribution in [0.1, 0.15) is 38.6 Å². The maximum Gasteiger partial charge on any atom is 0.296 e. The zero-order chi connectivity index (χ0) is 17.9. The molecule has 3 rings (SSSR count). The van der Waals surface area contributed by atoms with Crippen molar-refractivity contribution in [1.82, 2.24) is 15.3 Å². The van der Waals surface area contributed by atoms with Gasteiger partial charge in [0, 0.05) is 42.0 Å². The van der Waals surface area contributed by atoms with Gasteiger partial charge in [0.25, 0.3) is 5.91 Å². The number of amides is 1. The largest absolute Gasteiger partial charge is 0.346 e. The Morgan fingerprint density at radius 1 is 1.40 bits per heavy atom. The zero-order valence-electron chi connectivity index (χ0n) is 14.7. The molecule has 2 aromatic heterocycles. The highest BCUT2D eigenvalue weighted by atomic mass is 32.1. The van der Waals surface area contributed by atoms with Gasteiger partial charge in [-0.1, -0.05) is 26.8 Å². The summed E-state index contributed by atoms with van der Waals surface area (Å²) in [4.78, 5) is 23.1. The monoisotopic (exact) mass is 354 g/mol. The van der Waals surface area contributed by atoms with Gasteiger partial charge in [-0.05, 0) is 24.5 Å². The van der Waals surface area contributed by atoms with Crippen LogP contribution in [0, 0.1) is 11.8 Å². The number of rotatable bonds is 2. The highest BCUT2D eigenvalue weighted by Crippen LogP contribution is 2.30. The molecule has 1 unspecified atom stereocenters. The normalized spacial score (nSPS) is 17.1. The Kier molecular flexibility index (Phi) is 5.05. The summed E-state index contributed by atoms with van der Waals surface area (Å²) in [5, 5.41) is 6.13. The summed E-state index contributed by atoms with van der Waals surface area (Å²) in [6.07, 6.45) is 2.57. The molecule has 0 aromatic carbocycles. The molecule has 130 valence electrons. The predicted molar refractivity (Wildman–Crippen MR) is 101 cm³/mol. The number of carbonyl (C=O) groups excluding carboxylic acids is 1. The van der Waals surface area contributed by atoms with Crippen LogP contribution in [0.3, 0.4) is 0 Å². The lowest BCUT2D eigenvalue weighted by atomic mass is 9.93. The van der Waals surface area contributed by atoms with E-state index in [0.717, 1.165) is 30.3 Å². The van der Waals surface area contributed by atoms with E-state index in [0.29, 0.717) is 5.69 Å². The third kappa shape index (κ3) is 4.58. The van der Waals surface area contributed by atoms with Crippen LogP contribution in [0.5, 0.6) is 0 Å². The van der Waals surface area contributed by atoms with Crippen molar-refractivity contribution in [1.29, 1.82) is 0 Å². The van der Waals surface area contributed by atoms with Crippen molar-refractivity contribution in [2.24, 2.45) is 0 Å². The van der Waals surface area contributed by atoms with E-state index in [-0.39, 0.29) is 17.4 Å². The standard InChI is InChI=1S/C19H22N4OS/c1-19(2,3)16-13-25-18(22-16)23-11-9-15(12-23)21-17(24)8-7-14-6-4-5-10-20-14/h4-6,10,13,15H,9,11-12H2,1-3H3,(H,21,24). The first-order valence-corrected chi connectivity index (χ1v) is 9.24. The minimum atomic E-state index is -0.257. The molecule has 6 heteroatoms. The maximum absolute atomic E-state index is 12.0. The fourth-order valence-corrected chi connectivity index (χ4v) is 3.67. The number of nitrogens with zero attached hydrogens (tertiary/aromatic N) is 3. The molecule has 0 saturated carbocycles. The van der Waals surface area contributed by atoms with Crippen molar-refractivity contribution in [3.63, 3.8) is 0 Å². The minimum Gasteiger partial charge on any atom is -0.346 e. The number of nitrogens with one attached hydrogen (secondary N) is 1. The average molecular weight is 354 g/mol. The number of carbonyl (C=O) groups is 1. The second-order valence-corrected chi connectivity index (χ2v) is 7.97. The fraction of sp³-hybridized carbons (Fsp3) is 0.421. The predicted octanol–water partition coefficient (Wildman–Crippen LogP) is 2.58. The highest BCUT2D eigenvalue weighted by Gasteiger charge is 2.27. The molecule has 0 aliphatic carbocycles. The SMILES string of the molecule is CC(C)(C)c1csc(N2CCC(NC(=O)C#Cc3ccccn3)C2)n1. The van der Waals surface area contributed by atoms with E-state index in [1.807, 2.05) is 12.1 Å². The number of thiazole rings is 1. The average Bonchev–Trinajstić information content (AvgIpc) is 3.22. The molecule has 0 bridgehead atoms. The van der Waals surface area contributed by atoms with Gasteiger partial charge in [0.05, 0.1) is 5.69 Å². The van der Waals surface area contributed by atoms with Crippen LogP contribution in [0.2, 0.25) is 0 Å². The van der Waals surface area contributed by atoms with Crippen LogP contribution in [0.4, 0.5) is 5.13 Å². The van der Waals surface area contributed by atoms with Gasteiger partial charge in [-0.2, -0.15) is 0 Å². The summed E-state index contributed by atoms with van der Waals surface area (Å²) in [6, 6.07) is 5.56. The quantitative estimate of drug-likeness (QED) is 0.842. The summed E-state index contributed by atoms with van der Waals surface area (Å²) in [5.74, 6) is 5.14. The lowest BCUT2D eigenvalue weighted by Gasteiger charge is -2.17. The van der Waals surface area contributed by atoms with Crippen molar-refractivity contribution < 1.29 is 4.79 Å². The summed E-state index contributed by atoms with van der Waals surface area (Å²) in [6.45, 7) is 8.17. The van der Waals surface area contributed by atoms with Crippen LogP contribution in [0.15, 0.2) is 29.8 Å². The van der Waals surface area contributed by atoms with Gasteiger partial charge in [-0.3, -0.25) is 4.79 Å².